The van der Waals surface area contributed by atoms with Crippen molar-refractivity contribution in [3.63, 3.8) is 0 Å². The van der Waals surface area contributed by atoms with E-state index < -0.39 is 29.9 Å². The highest BCUT2D eigenvalue weighted by Crippen LogP contribution is 2.22. The molecule has 0 radical (unpaired) electrons. The fourth-order valence-electron chi connectivity index (χ4n) is 2.78. The molecule has 1 fully saturated rings. The molecule has 1 aromatic heterocycles. The molecule has 1 aliphatic heterocycles. The van der Waals surface area contributed by atoms with Gasteiger partial charge in [0.2, 0.25) is 5.78 Å². The number of carbonyl (C=O) groups is 3. The number of aromatic amines is 1. The number of esters is 2. The Labute approximate surface area is 140 Å². The molecule has 24 heavy (non-hydrogen) atoms. The van der Waals surface area contributed by atoms with E-state index in [2.05, 4.69) is 4.98 Å². The number of hydrogen-bond acceptors (Lipinski definition) is 6. The van der Waals surface area contributed by atoms with Gasteiger partial charge in [0.1, 0.15) is 0 Å². The number of hydrogen-bond donors (Lipinski definition) is 1. The standard InChI is InChI=1S/C17H23NO6/c1-5-22-17(21)13-9(2)14(18-10(13)3)15(19)11(4)24-16(20)12-7-6-8-23-12/h11-12,18H,5-8H2,1-4H3/t11-,12+/m1/s1. The average molecular weight is 337 g/mol. The molecular weight excluding hydrogens is 314 g/mol. The third kappa shape index (κ3) is 3.67. The summed E-state index contributed by atoms with van der Waals surface area (Å²) in [4.78, 5) is 39.4. The number of carbonyl (C=O) groups excluding carboxylic acids is 3. The van der Waals surface area contributed by atoms with Crippen molar-refractivity contribution in [2.75, 3.05) is 13.2 Å². The zero-order chi connectivity index (χ0) is 17.9. The van der Waals surface area contributed by atoms with Crippen LogP contribution in [0.15, 0.2) is 0 Å². The van der Waals surface area contributed by atoms with Crippen LogP contribution in [0.1, 0.15) is 58.8 Å². The number of rotatable bonds is 6. The Hall–Kier alpha value is -2.15. The maximum absolute atomic E-state index is 12.6. The molecule has 0 aromatic carbocycles. The van der Waals surface area contributed by atoms with E-state index in [1.807, 2.05) is 0 Å². The van der Waals surface area contributed by atoms with Crippen LogP contribution in [0.25, 0.3) is 0 Å². The van der Waals surface area contributed by atoms with Gasteiger partial charge in [0, 0.05) is 12.3 Å². The lowest BCUT2D eigenvalue weighted by molar-refractivity contribution is -0.156. The van der Waals surface area contributed by atoms with Crippen LogP contribution in [0.3, 0.4) is 0 Å². The van der Waals surface area contributed by atoms with Gasteiger partial charge in [-0.2, -0.15) is 0 Å². The highest BCUT2D eigenvalue weighted by molar-refractivity contribution is 6.04. The first-order valence-electron chi connectivity index (χ1n) is 8.09. The summed E-state index contributed by atoms with van der Waals surface area (Å²) in [7, 11) is 0. The molecule has 7 heteroatoms. The van der Waals surface area contributed by atoms with Crippen molar-refractivity contribution in [1.82, 2.24) is 4.98 Å². The normalized spacial score (nSPS) is 18.2. The summed E-state index contributed by atoms with van der Waals surface area (Å²) in [6.45, 7) is 7.36. The van der Waals surface area contributed by atoms with Crippen molar-refractivity contribution in [2.24, 2.45) is 0 Å². The van der Waals surface area contributed by atoms with E-state index in [0.717, 1.165) is 6.42 Å². The van der Waals surface area contributed by atoms with Crippen molar-refractivity contribution in [2.45, 2.75) is 52.7 Å². The lowest BCUT2D eigenvalue weighted by atomic mass is 10.1. The Morgan fingerprint density at radius 3 is 2.62 bits per heavy atom. The van der Waals surface area contributed by atoms with Gasteiger partial charge in [0.15, 0.2) is 12.2 Å². The molecule has 2 heterocycles. The van der Waals surface area contributed by atoms with E-state index in [1.165, 1.54) is 6.92 Å². The predicted molar refractivity (Wildman–Crippen MR) is 85.1 cm³/mol. The molecule has 0 saturated carbocycles. The minimum atomic E-state index is -0.964. The van der Waals surface area contributed by atoms with Gasteiger partial charge in [0.25, 0.3) is 0 Å². The minimum absolute atomic E-state index is 0.252. The number of Topliss-reactive ketones (excluding diaryl/α,β-unsaturated/α-hetero) is 1. The van der Waals surface area contributed by atoms with Crippen LogP contribution in [0.5, 0.6) is 0 Å². The SMILES string of the molecule is CCOC(=O)c1c(C)[nH]c(C(=O)[C@@H](C)OC(=O)[C@@H]2CCCO2)c1C. The Bertz CT molecular complexity index is 642. The first kappa shape index (κ1) is 18.2. The highest BCUT2D eigenvalue weighted by Gasteiger charge is 2.31. The van der Waals surface area contributed by atoms with Gasteiger partial charge >= 0.3 is 11.9 Å². The Morgan fingerprint density at radius 1 is 1.33 bits per heavy atom. The van der Waals surface area contributed by atoms with Crippen LogP contribution in [-0.2, 0) is 19.0 Å². The van der Waals surface area contributed by atoms with Gasteiger partial charge in [0.05, 0.1) is 17.9 Å². The van der Waals surface area contributed by atoms with Crippen LogP contribution in [0.2, 0.25) is 0 Å². The largest absolute Gasteiger partial charge is 0.462 e. The summed E-state index contributed by atoms with van der Waals surface area (Å²) in [6.07, 6.45) is -0.150. The van der Waals surface area contributed by atoms with Crippen LogP contribution in [0, 0.1) is 13.8 Å². The summed E-state index contributed by atoms with van der Waals surface area (Å²) in [5.41, 5.74) is 1.64. The maximum atomic E-state index is 12.6. The molecule has 0 bridgehead atoms. The van der Waals surface area contributed by atoms with Gasteiger partial charge in [-0.25, -0.2) is 9.59 Å². The zero-order valence-corrected chi connectivity index (χ0v) is 14.4. The maximum Gasteiger partial charge on any atom is 0.340 e. The Morgan fingerprint density at radius 2 is 2.04 bits per heavy atom. The average Bonchev–Trinajstić information content (AvgIpc) is 3.15. The third-order valence-corrected chi connectivity index (χ3v) is 4.02. The number of aromatic nitrogens is 1. The van der Waals surface area contributed by atoms with E-state index in [-0.39, 0.29) is 12.3 Å². The number of ether oxygens (including phenoxy) is 3. The topological polar surface area (TPSA) is 94.7 Å². The van der Waals surface area contributed by atoms with E-state index in [1.54, 1.807) is 20.8 Å². The van der Waals surface area contributed by atoms with Crippen molar-refractivity contribution < 1.29 is 28.6 Å². The molecule has 0 spiro atoms. The molecule has 7 nitrogen and oxygen atoms in total. The smallest absolute Gasteiger partial charge is 0.340 e. The van der Waals surface area contributed by atoms with Crippen molar-refractivity contribution in [3.05, 3.63) is 22.5 Å². The molecule has 0 unspecified atom stereocenters. The van der Waals surface area contributed by atoms with Crippen LogP contribution in [-0.4, -0.2) is 48.1 Å². The number of ketones is 1. The molecule has 1 saturated heterocycles. The van der Waals surface area contributed by atoms with E-state index in [0.29, 0.717) is 29.8 Å². The molecule has 2 rings (SSSR count). The molecule has 1 aromatic rings. The molecule has 1 aliphatic rings. The second kappa shape index (κ2) is 7.61. The molecule has 2 atom stereocenters. The molecular formula is C17H23NO6. The van der Waals surface area contributed by atoms with Gasteiger partial charge < -0.3 is 19.2 Å². The van der Waals surface area contributed by atoms with Crippen molar-refractivity contribution in [3.8, 4) is 0 Å². The first-order valence-corrected chi connectivity index (χ1v) is 8.09. The number of H-pyrrole nitrogens is 1. The first-order chi connectivity index (χ1) is 11.4. The quantitative estimate of drug-likeness (QED) is 0.631. The van der Waals surface area contributed by atoms with E-state index >= 15 is 0 Å². The summed E-state index contributed by atoms with van der Waals surface area (Å²) < 4.78 is 15.5. The summed E-state index contributed by atoms with van der Waals surface area (Å²) in [6, 6.07) is 0. The fourth-order valence-corrected chi connectivity index (χ4v) is 2.78. The predicted octanol–water partition coefficient (Wildman–Crippen LogP) is 2.10. The van der Waals surface area contributed by atoms with Gasteiger partial charge in [-0.3, -0.25) is 4.79 Å². The molecule has 1 N–H and O–H groups in total. The molecule has 0 aliphatic carbocycles. The van der Waals surface area contributed by atoms with Crippen LogP contribution in [0.4, 0.5) is 0 Å². The third-order valence-electron chi connectivity index (χ3n) is 4.02. The zero-order valence-electron chi connectivity index (χ0n) is 14.4. The van der Waals surface area contributed by atoms with Gasteiger partial charge in [-0.15, -0.1) is 0 Å². The van der Waals surface area contributed by atoms with Gasteiger partial charge in [-0.05, 0) is 46.1 Å². The van der Waals surface area contributed by atoms with Crippen LogP contribution >= 0.6 is 0 Å². The molecule has 132 valence electrons. The highest BCUT2D eigenvalue weighted by atomic mass is 16.6. The van der Waals surface area contributed by atoms with Crippen LogP contribution < -0.4 is 0 Å². The fraction of sp³-hybridized carbons (Fsp3) is 0.588. The lowest BCUT2D eigenvalue weighted by Gasteiger charge is -2.15. The Kier molecular flexibility index (Phi) is 5.77. The van der Waals surface area contributed by atoms with E-state index in [4.69, 9.17) is 14.2 Å². The summed E-state index contributed by atoms with van der Waals surface area (Å²) in [5.74, 6) is -1.40. The number of aryl methyl sites for hydroxylation is 1. The summed E-state index contributed by atoms with van der Waals surface area (Å²) >= 11 is 0. The van der Waals surface area contributed by atoms with Crippen molar-refractivity contribution >= 4 is 17.7 Å². The second-order valence-electron chi connectivity index (χ2n) is 5.79. The van der Waals surface area contributed by atoms with Gasteiger partial charge in [-0.1, -0.05) is 0 Å². The lowest BCUT2D eigenvalue weighted by Crippen LogP contribution is -2.31. The molecule has 0 amide bonds. The second-order valence-corrected chi connectivity index (χ2v) is 5.79. The summed E-state index contributed by atoms with van der Waals surface area (Å²) in [5, 5.41) is 0. The Balaban J connectivity index is 2.12. The minimum Gasteiger partial charge on any atom is -0.462 e. The monoisotopic (exact) mass is 337 g/mol. The van der Waals surface area contributed by atoms with E-state index in [9.17, 15) is 14.4 Å². The van der Waals surface area contributed by atoms with Crippen molar-refractivity contribution in [1.29, 1.82) is 0 Å². The number of nitrogens with one attached hydrogen (secondary N) is 1.